The van der Waals surface area contributed by atoms with Crippen molar-refractivity contribution in [1.82, 2.24) is 9.88 Å². The van der Waals surface area contributed by atoms with Crippen molar-refractivity contribution in [3.05, 3.63) is 50.9 Å². The number of aryl methyl sites for hydroxylation is 1. The van der Waals surface area contributed by atoms with Crippen LogP contribution in [0.4, 0.5) is 0 Å². The molecule has 114 valence electrons. The van der Waals surface area contributed by atoms with Crippen molar-refractivity contribution < 1.29 is 0 Å². The highest BCUT2D eigenvalue weighted by molar-refractivity contribution is 7.09. The van der Waals surface area contributed by atoms with Gasteiger partial charge in [0.25, 0.3) is 0 Å². The summed E-state index contributed by atoms with van der Waals surface area (Å²) in [5.41, 5.74) is 10.2. The van der Waals surface area contributed by atoms with Crippen LogP contribution in [0.3, 0.4) is 0 Å². The maximum absolute atomic E-state index is 6.07. The number of nitrogens with two attached hydrogens (primary N) is 1. The number of likely N-dealkylation sites (N-methyl/N-ethyl adjacent to an activating group) is 1. The van der Waals surface area contributed by atoms with Crippen molar-refractivity contribution in [2.24, 2.45) is 5.73 Å². The highest BCUT2D eigenvalue weighted by Gasteiger charge is 2.28. The van der Waals surface area contributed by atoms with Crippen LogP contribution in [0.5, 0.6) is 0 Å². The summed E-state index contributed by atoms with van der Waals surface area (Å²) in [6, 6.07) is 8.01. The molecule has 1 aromatic carbocycles. The molecule has 0 bridgehead atoms. The summed E-state index contributed by atoms with van der Waals surface area (Å²) in [6.45, 7) is 5.73. The Labute approximate surface area is 135 Å². The van der Waals surface area contributed by atoms with Crippen molar-refractivity contribution in [3.8, 4) is 0 Å². The minimum absolute atomic E-state index is 0.0930. The summed E-state index contributed by atoms with van der Waals surface area (Å²) in [4.78, 5) is 7.94. The quantitative estimate of drug-likeness (QED) is 0.884. The third-order valence-corrected chi connectivity index (χ3v) is 5.26. The smallest absolute Gasteiger partial charge is 0.0798 e. The van der Waals surface area contributed by atoms with Crippen molar-refractivity contribution >= 4 is 22.9 Å². The molecule has 0 amide bonds. The van der Waals surface area contributed by atoms with E-state index in [1.165, 1.54) is 10.4 Å². The van der Waals surface area contributed by atoms with Gasteiger partial charge >= 0.3 is 0 Å². The molecule has 0 aliphatic heterocycles. The molecule has 3 nitrogen and oxygen atoms in total. The average Bonchev–Trinajstić information content (AvgIpc) is 2.86. The Hall–Kier alpha value is -0.940. The van der Waals surface area contributed by atoms with E-state index in [1.807, 2.05) is 17.6 Å². The molecule has 0 saturated carbocycles. The number of aromatic nitrogens is 1. The zero-order valence-electron chi connectivity index (χ0n) is 12.8. The van der Waals surface area contributed by atoms with Crippen LogP contribution in [-0.2, 0) is 13.0 Å². The van der Waals surface area contributed by atoms with Crippen LogP contribution in [-0.4, -0.2) is 29.0 Å². The normalized spacial score (nSPS) is 14.4. The molecular formula is C16H22ClN3S. The molecule has 0 saturated heterocycles. The summed E-state index contributed by atoms with van der Waals surface area (Å²) >= 11 is 7.65. The first-order valence-corrected chi connectivity index (χ1v) is 8.25. The largest absolute Gasteiger partial charge is 0.329 e. The number of nitrogens with zero attached hydrogens (tertiary/aromatic N) is 2. The van der Waals surface area contributed by atoms with E-state index in [9.17, 15) is 0 Å². The lowest BCUT2D eigenvalue weighted by Crippen LogP contribution is -2.50. The molecule has 0 spiro atoms. The van der Waals surface area contributed by atoms with Gasteiger partial charge in [0.05, 0.1) is 11.2 Å². The van der Waals surface area contributed by atoms with E-state index in [2.05, 4.69) is 42.9 Å². The third kappa shape index (κ3) is 4.04. The van der Waals surface area contributed by atoms with Gasteiger partial charge in [-0.3, -0.25) is 4.90 Å². The van der Waals surface area contributed by atoms with Crippen molar-refractivity contribution in [1.29, 1.82) is 0 Å². The first-order valence-electron chi connectivity index (χ1n) is 6.99. The molecule has 21 heavy (non-hydrogen) atoms. The lowest BCUT2D eigenvalue weighted by molar-refractivity contribution is 0.137. The van der Waals surface area contributed by atoms with E-state index in [4.69, 9.17) is 17.3 Å². The summed E-state index contributed by atoms with van der Waals surface area (Å²) in [7, 11) is 2.13. The Bertz CT molecular complexity index is 581. The highest BCUT2D eigenvalue weighted by Crippen LogP contribution is 2.24. The molecule has 1 unspecified atom stereocenters. The van der Waals surface area contributed by atoms with Crippen LogP contribution in [0.1, 0.15) is 23.1 Å². The van der Waals surface area contributed by atoms with E-state index < -0.39 is 0 Å². The summed E-state index contributed by atoms with van der Waals surface area (Å²) in [5, 5.41) is 0.766. The van der Waals surface area contributed by atoms with Gasteiger partial charge < -0.3 is 5.73 Å². The number of halogens is 1. The van der Waals surface area contributed by atoms with Gasteiger partial charge in [0.15, 0.2) is 0 Å². The zero-order chi connectivity index (χ0) is 15.5. The molecule has 0 radical (unpaired) electrons. The monoisotopic (exact) mass is 323 g/mol. The minimum atomic E-state index is -0.0930. The van der Waals surface area contributed by atoms with E-state index in [0.717, 1.165) is 23.7 Å². The van der Waals surface area contributed by atoms with Gasteiger partial charge in [-0.2, -0.15) is 0 Å². The Kier molecular flexibility index (Phi) is 5.38. The summed E-state index contributed by atoms with van der Waals surface area (Å²) in [5.74, 6) is 0. The molecule has 2 aromatic rings. The van der Waals surface area contributed by atoms with Crippen molar-refractivity contribution in [2.45, 2.75) is 32.4 Å². The summed E-state index contributed by atoms with van der Waals surface area (Å²) in [6.07, 6.45) is 0.898. The molecule has 0 fully saturated rings. The molecule has 0 aliphatic carbocycles. The van der Waals surface area contributed by atoms with Gasteiger partial charge in [-0.25, -0.2) is 4.98 Å². The lowest BCUT2D eigenvalue weighted by Gasteiger charge is -2.38. The van der Waals surface area contributed by atoms with E-state index in [0.29, 0.717) is 6.54 Å². The number of rotatable bonds is 6. The Morgan fingerprint density at radius 3 is 2.52 bits per heavy atom. The molecule has 2 rings (SSSR count). The van der Waals surface area contributed by atoms with Gasteiger partial charge in [0.1, 0.15) is 0 Å². The Morgan fingerprint density at radius 2 is 2.00 bits per heavy atom. The number of benzene rings is 1. The average molecular weight is 324 g/mol. The number of thiazole rings is 1. The third-order valence-electron chi connectivity index (χ3n) is 4.09. The van der Waals surface area contributed by atoms with E-state index >= 15 is 0 Å². The fraction of sp³-hybridized carbons (Fsp3) is 0.438. The second-order valence-electron chi connectivity index (χ2n) is 5.72. The van der Waals surface area contributed by atoms with Crippen LogP contribution in [0, 0.1) is 6.92 Å². The molecular weight excluding hydrogens is 302 g/mol. The summed E-state index contributed by atoms with van der Waals surface area (Å²) < 4.78 is 0. The fourth-order valence-electron chi connectivity index (χ4n) is 2.29. The van der Waals surface area contributed by atoms with Gasteiger partial charge in [-0.1, -0.05) is 23.7 Å². The van der Waals surface area contributed by atoms with E-state index in [-0.39, 0.29) is 5.54 Å². The van der Waals surface area contributed by atoms with E-state index in [1.54, 1.807) is 11.3 Å². The maximum atomic E-state index is 6.07. The van der Waals surface area contributed by atoms with Crippen LogP contribution in [0.15, 0.2) is 29.8 Å². The second-order valence-corrected chi connectivity index (χ2v) is 7.10. The molecule has 2 N–H and O–H groups in total. The SMILES string of the molecule is Cc1ncsc1CN(C)C(C)(CN)Cc1ccc(Cl)cc1. The highest BCUT2D eigenvalue weighted by atomic mass is 35.5. The van der Waals surface area contributed by atoms with Crippen molar-refractivity contribution in [2.75, 3.05) is 13.6 Å². The topological polar surface area (TPSA) is 42.2 Å². The first kappa shape index (κ1) is 16.4. The predicted molar refractivity (Wildman–Crippen MR) is 90.9 cm³/mol. The zero-order valence-corrected chi connectivity index (χ0v) is 14.3. The first-order chi connectivity index (χ1) is 9.94. The molecule has 5 heteroatoms. The van der Waals surface area contributed by atoms with Crippen LogP contribution < -0.4 is 5.73 Å². The lowest BCUT2D eigenvalue weighted by atomic mass is 9.91. The number of hydrogen-bond donors (Lipinski definition) is 1. The second kappa shape index (κ2) is 6.88. The molecule has 1 atom stereocenters. The van der Waals surface area contributed by atoms with Gasteiger partial charge in [0.2, 0.25) is 0 Å². The van der Waals surface area contributed by atoms with Crippen LogP contribution >= 0.6 is 22.9 Å². The number of hydrogen-bond acceptors (Lipinski definition) is 4. The Balaban J connectivity index is 2.12. The van der Waals surface area contributed by atoms with Gasteiger partial charge in [0, 0.05) is 28.5 Å². The maximum Gasteiger partial charge on any atom is 0.0798 e. The van der Waals surface area contributed by atoms with Gasteiger partial charge in [-0.05, 0) is 45.0 Å². The fourth-order valence-corrected chi connectivity index (χ4v) is 3.24. The van der Waals surface area contributed by atoms with Crippen LogP contribution in [0.2, 0.25) is 5.02 Å². The minimum Gasteiger partial charge on any atom is -0.329 e. The van der Waals surface area contributed by atoms with Crippen molar-refractivity contribution in [3.63, 3.8) is 0 Å². The molecule has 1 aromatic heterocycles. The predicted octanol–water partition coefficient (Wildman–Crippen LogP) is 3.50. The molecule has 0 aliphatic rings. The molecule has 1 heterocycles. The van der Waals surface area contributed by atoms with Crippen LogP contribution in [0.25, 0.3) is 0 Å². The Morgan fingerprint density at radius 1 is 1.33 bits per heavy atom. The standard InChI is InChI=1S/C16H22ClN3S/c1-12-15(21-11-19-12)9-20(3)16(2,10-18)8-13-4-6-14(17)7-5-13/h4-7,11H,8-10,18H2,1-3H3. The van der Waals surface area contributed by atoms with Gasteiger partial charge in [-0.15, -0.1) is 11.3 Å².